The largest absolute Gasteiger partial charge is 0.457 e. The molecule has 3 aromatic rings. The van der Waals surface area contributed by atoms with Crippen molar-refractivity contribution in [2.75, 3.05) is 11.5 Å². The van der Waals surface area contributed by atoms with Gasteiger partial charge >= 0.3 is 0 Å². The summed E-state index contributed by atoms with van der Waals surface area (Å²) in [6, 6.07) is 26.5. The van der Waals surface area contributed by atoms with Gasteiger partial charge in [0.1, 0.15) is 17.3 Å². The zero-order valence-electron chi connectivity index (χ0n) is 16.7. The molecule has 0 aliphatic rings. The lowest BCUT2D eigenvalue weighted by Crippen LogP contribution is -2.31. The van der Waals surface area contributed by atoms with E-state index in [1.165, 1.54) is 0 Å². The van der Waals surface area contributed by atoms with E-state index in [0.29, 0.717) is 18.6 Å². The van der Waals surface area contributed by atoms with Crippen molar-refractivity contribution in [3.63, 3.8) is 0 Å². The van der Waals surface area contributed by atoms with Crippen LogP contribution in [0.15, 0.2) is 84.9 Å². The third kappa shape index (κ3) is 7.37. The summed E-state index contributed by atoms with van der Waals surface area (Å²) in [7, 11) is -3.43. The molecule has 0 aliphatic carbocycles. The molecule has 6 heteroatoms. The highest BCUT2D eigenvalue weighted by atomic mass is 32.2. The Bertz CT molecular complexity index is 1030. The van der Waals surface area contributed by atoms with Gasteiger partial charge in [0.25, 0.3) is 0 Å². The molecule has 5 nitrogen and oxygen atoms in total. The molecule has 156 valence electrons. The first-order valence-electron chi connectivity index (χ1n) is 9.83. The van der Waals surface area contributed by atoms with Crippen LogP contribution in [0.2, 0.25) is 0 Å². The maximum absolute atomic E-state index is 12.2. The third-order valence-electron chi connectivity index (χ3n) is 4.51. The Hall–Kier alpha value is -3.12. The zero-order chi connectivity index (χ0) is 21.2. The van der Waals surface area contributed by atoms with Crippen LogP contribution in [0, 0.1) is 0 Å². The Balaban J connectivity index is 1.41. The normalized spacial score (nSPS) is 11.1. The van der Waals surface area contributed by atoms with Crippen molar-refractivity contribution in [1.82, 2.24) is 5.32 Å². The van der Waals surface area contributed by atoms with Gasteiger partial charge < -0.3 is 10.1 Å². The van der Waals surface area contributed by atoms with Crippen molar-refractivity contribution in [1.29, 1.82) is 0 Å². The molecule has 0 aromatic heterocycles. The molecule has 0 aliphatic heterocycles. The number of nitrogens with one attached hydrogen (secondary N) is 1. The standard InChI is InChI=1S/C24H25NO4S/c26-24(19-30(27,28)17-7-10-20-8-3-1-4-9-20)25-18-21-13-15-23(16-14-21)29-22-11-5-2-6-12-22/h1-6,8-9,11-16H,7,10,17-19H2,(H,25,26). The van der Waals surface area contributed by atoms with Crippen molar-refractivity contribution in [3.05, 3.63) is 96.1 Å². The molecular formula is C24H25NO4S. The topological polar surface area (TPSA) is 72.5 Å². The molecule has 0 saturated carbocycles. The van der Waals surface area contributed by atoms with Gasteiger partial charge in [0.2, 0.25) is 5.91 Å². The average Bonchev–Trinajstić information content (AvgIpc) is 2.74. The number of amides is 1. The predicted molar refractivity (Wildman–Crippen MR) is 118 cm³/mol. The smallest absolute Gasteiger partial charge is 0.235 e. The van der Waals surface area contributed by atoms with E-state index in [2.05, 4.69) is 5.32 Å². The molecule has 1 amide bonds. The lowest BCUT2D eigenvalue weighted by atomic mass is 10.1. The molecule has 1 N–H and O–H groups in total. The molecule has 30 heavy (non-hydrogen) atoms. The Labute approximate surface area is 177 Å². The Kier molecular flexibility index (Phi) is 7.63. The van der Waals surface area contributed by atoms with E-state index >= 15 is 0 Å². The van der Waals surface area contributed by atoms with Gasteiger partial charge in [-0.05, 0) is 48.2 Å². The van der Waals surface area contributed by atoms with Gasteiger partial charge in [-0.25, -0.2) is 8.42 Å². The number of ether oxygens (including phenoxy) is 1. The second-order valence-corrected chi connectivity index (χ2v) is 9.20. The van der Waals surface area contributed by atoms with Crippen LogP contribution in [-0.2, 0) is 27.6 Å². The first kappa shape index (κ1) is 21.6. The van der Waals surface area contributed by atoms with Crippen molar-refractivity contribution in [2.45, 2.75) is 19.4 Å². The summed E-state index contributed by atoms with van der Waals surface area (Å²) in [5.74, 6) is 0.463. The fourth-order valence-corrected chi connectivity index (χ4v) is 4.19. The lowest BCUT2D eigenvalue weighted by Gasteiger charge is -2.08. The maximum atomic E-state index is 12.2. The van der Waals surface area contributed by atoms with Gasteiger partial charge in [0.05, 0.1) is 5.75 Å². The molecule has 0 saturated heterocycles. The number of benzene rings is 3. The van der Waals surface area contributed by atoms with E-state index in [-0.39, 0.29) is 12.3 Å². The maximum Gasteiger partial charge on any atom is 0.235 e. The molecular weight excluding hydrogens is 398 g/mol. The second-order valence-electron chi connectivity index (χ2n) is 7.02. The van der Waals surface area contributed by atoms with Gasteiger partial charge in [-0.15, -0.1) is 0 Å². The average molecular weight is 424 g/mol. The summed E-state index contributed by atoms with van der Waals surface area (Å²) < 4.78 is 30.1. The third-order valence-corrected chi connectivity index (χ3v) is 6.12. The van der Waals surface area contributed by atoms with Crippen LogP contribution in [-0.4, -0.2) is 25.8 Å². The summed E-state index contributed by atoms with van der Waals surface area (Å²) in [6.07, 6.45) is 1.18. The molecule has 0 atom stereocenters. The minimum absolute atomic E-state index is 0.000829. The van der Waals surface area contributed by atoms with Crippen LogP contribution < -0.4 is 10.1 Å². The van der Waals surface area contributed by atoms with Crippen LogP contribution in [0.5, 0.6) is 11.5 Å². The highest BCUT2D eigenvalue weighted by molar-refractivity contribution is 7.92. The van der Waals surface area contributed by atoms with E-state index in [1.807, 2.05) is 84.9 Å². The molecule has 3 aromatic carbocycles. The molecule has 0 bridgehead atoms. The van der Waals surface area contributed by atoms with Crippen molar-refractivity contribution in [3.8, 4) is 11.5 Å². The zero-order valence-corrected chi connectivity index (χ0v) is 17.5. The molecule has 0 spiro atoms. The second kappa shape index (κ2) is 10.6. The van der Waals surface area contributed by atoms with Gasteiger partial charge in [0.15, 0.2) is 9.84 Å². The number of hydrogen-bond acceptors (Lipinski definition) is 4. The number of hydrogen-bond donors (Lipinski definition) is 1. The fourth-order valence-electron chi connectivity index (χ4n) is 2.96. The number of rotatable bonds is 10. The summed E-state index contributed by atoms with van der Waals surface area (Å²) in [5.41, 5.74) is 1.96. The van der Waals surface area contributed by atoms with E-state index in [9.17, 15) is 13.2 Å². The summed E-state index contributed by atoms with van der Waals surface area (Å²) in [5, 5.41) is 2.67. The number of carbonyl (C=O) groups is 1. The van der Waals surface area contributed by atoms with Crippen molar-refractivity contribution in [2.24, 2.45) is 0 Å². The molecule has 0 heterocycles. The van der Waals surface area contributed by atoms with Crippen LogP contribution in [0.3, 0.4) is 0 Å². The van der Waals surface area contributed by atoms with E-state index in [1.54, 1.807) is 0 Å². The number of para-hydroxylation sites is 1. The highest BCUT2D eigenvalue weighted by Gasteiger charge is 2.16. The van der Waals surface area contributed by atoms with Gasteiger partial charge in [-0.1, -0.05) is 60.7 Å². The highest BCUT2D eigenvalue weighted by Crippen LogP contribution is 2.21. The molecule has 3 rings (SSSR count). The molecule has 0 fully saturated rings. The quantitative estimate of drug-likeness (QED) is 0.532. The van der Waals surface area contributed by atoms with Gasteiger partial charge in [0, 0.05) is 6.54 Å². The van der Waals surface area contributed by atoms with E-state index < -0.39 is 21.5 Å². The van der Waals surface area contributed by atoms with E-state index in [4.69, 9.17) is 4.74 Å². The van der Waals surface area contributed by atoms with Crippen LogP contribution in [0.25, 0.3) is 0 Å². The summed E-state index contributed by atoms with van der Waals surface area (Å²) >= 11 is 0. The Morgan fingerprint density at radius 2 is 1.37 bits per heavy atom. The Morgan fingerprint density at radius 1 is 0.767 bits per heavy atom. The minimum Gasteiger partial charge on any atom is -0.457 e. The SMILES string of the molecule is O=C(CS(=O)(=O)CCCc1ccccc1)NCc1ccc(Oc2ccccc2)cc1. The van der Waals surface area contributed by atoms with Crippen LogP contribution in [0.4, 0.5) is 0 Å². The van der Waals surface area contributed by atoms with Crippen molar-refractivity contribution < 1.29 is 17.9 Å². The van der Waals surface area contributed by atoms with Gasteiger partial charge in [-0.3, -0.25) is 4.79 Å². The first-order chi connectivity index (χ1) is 14.5. The fraction of sp³-hybridized carbons (Fsp3) is 0.208. The first-order valence-corrected chi connectivity index (χ1v) is 11.7. The number of carbonyl (C=O) groups excluding carboxylic acids is 1. The molecule has 0 unspecified atom stereocenters. The number of aryl methyl sites for hydroxylation is 1. The van der Waals surface area contributed by atoms with Crippen molar-refractivity contribution >= 4 is 15.7 Å². The summed E-state index contributed by atoms with van der Waals surface area (Å²) in [4.78, 5) is 12.1. The number of sulfone groups is 1. The van der Waals surface area contributed by atoms with Gasteiger partial charge in [-0.2, -0.15) is 0 Å². The van der Waals surface area contributed by atoms with E-state index in [0.717, 1.165) is 16.9 Å². The van der Waals surface area contributed by atoms with Crippen LogP contribution >= 0.6 is 0 Å². The predicted octanol–water partition coefficient (Wildman–Crippen LogP) is 4.14. The monoisotopic (exact) mass is 423 g/mol. The minimum atomic E-state index is -3.43. The van der Waals surface area contributed by atoms with Crippen LogP contribution in [0.1, 0.15) is 17.5 Å². The summed E-state index contributed by atoms with van der Waals surface area (Å²) in [6.45, 7) is 0.268. The lowest BCUT2D eigenvalue weighted by molar-refractivity contribution is -0.118. The Morgan fingerprint density at radius 3 is 2.03 bits per heavy atom. The molecule has 0 radical (unpaired) electrons.